The summed E-state index contributed by atoms with van der Waals surface area (Å²) >= 11 is 0. The molecule has 0 aliphatic carbocycles. The van der Waals surface area contributed by atoms with Crippen LogP contribution >= 0.6 is 0 Å². The molecular weight excluding hydrogens is 594 g/mol. The maximum absolute atomic E-state index is 13.8. The summed E-state index contributed by atoms with van der Waals surface area (Å²) in [5.74, 6) is 1.40. The molecule has 5 heterocycles. The summed E-state index contributed by atoms with van der Waals surface area (Å²) in [4.78, 5) is 39.1. The van der Waals surface area contributed by atoms with Crippen molar-refractivity contribution in [1.29, 1.82) is 0 Å². The highest BCUT2D eigenvalue weighted by atomic mass is 16.5. The Bertz CT molecular complexity index is 1790. The van der Waals surface area contributed by atoms with E-state index in [-0.39, 0.29) is 30.0 Å². The van der Waals surface area contributed by atoms with Gasteiger partial charge >= 0.3 is 0 Å². The van der Waals surface area contributed by atoms with E-state index in [0.717, 1.165) is 78.8 Å². The molecule has 6 rings (SSSR count). The van der Waals surface area contributed by atoms with Crippen LogP contribution in [0.2, 0.25) is 0 Å². The summed E-state index contributed by atoms with van der Waals surface area (Å²) in [5.41, 5.74) is 4.33. The number of ether oxygens (including phenoxy) is 2. The van der Waals surface area contributed by atoms with Crippen LogP contribution in [0, 0.1) is 5.41 Å². The van der Waals surface area contributed by atoms with Crippen molar-refractivity contribution in [2.75, 3.05) is 34.4 Å². The van der Waals surface area contributed by atoms with Gasteiger partial charge in [-0.2, -0.15) is 0 Å². The molecule has 2 amide bonds. The number of aryl methyl sites for hydroxylation is 2. The molecule has 1 saturated heterocycles. The molecule has 2 N–H and O–H groups in total. The molecule has 0 spiro atoms. The number of fused-ring (bicyclic) bond motifs is 2. The molecule has 3 aromatic heterocycles. The molecule has 0 unspecified atom stereocenters. The molecule has 2 aliphatic rings. The summed E-state index contributed by atoms with van der Waals surface area (Å²) in [5, 5.41) is 7.53. The third-order valence-electron chi connectivity index (χ3n) is 10.2. The van der Waals surface area contributed by atoms with Gasteiger partial charge < -0.3 is 34.1 Å². The molecule has 1 aromatic carbocycles. The average Bonchev–Trinajstić information content (AvgIpc) is 3.60. The third-order valence-corrected chi connectivity index (χ3v) is 10.2. The average molecular weight is 644 g/mol. The molecule has 2 aliphatic heterocycles. The molecule has 47 heavy (non-hydrogen) atoms. The Kier molecular flexibility index (Phi) is 9.31. The minimum atomic E-state index is -0.419. The van der Waals surface area contributed by atoms with Crippen molar-refractivity contribution < 1.29 is 19.1 Å². The van der Waals surface area contributed by atoms with Gasteiger partial charge in [-0.3, -0.25) is 9.59 Å². The zero-order valence-corrected chi connectivity index (χ0v) is 28.9. The summed E-state index contributed by atoms with van der Waals surface area (Å²) in [7, 11) is 7.25. The van der Waals surface area contributed by atoms with Crippen molar-refractivity contribution in [2.24, 2.45) is 12.5 Å². The molecule has 252 valence electrons. The number of likely N-dealkylation sites (N-methyl/N-ethyl adjacent to an activating group) is 1. The molecule has 11 heteroatoms. The van der Waals surface area contributed by atoms with Crippen LogP contribution in [0.25, 0.3) is 33.6 Å². The van der Waals surface area contributed by atoms with Gasteiger partial charge in [-0.1, -0.05) is 33.1 Å². The molecule has 11 nitrogen and oxygen atoms in total. The number of amides is 2. The number of methoxy groups -OCH3 is 2. The quantitative estimate of drug-likeness (QED) is 0.307. The fourth-order valence-electron chi connectivity index (χ4n) is 7.24. The lowest BCUT2D eigenvalue weighted by Gasteiger charge is -2.37. The number of hydrogen-bond donors (Lipinski definition) is 2. The predicted molar refractivity (Wildman–Crippen MR) is 184 cm³/mol. The number of rotatable bonds is 5. The highest BCUT2D eigenvalue weighted by Gasteiger charge is 2.32. The summed E-state index contributed by atoms with van der Waals surface area (Å²) in [6.07, 6.45) is 5.82. The number of carbonyl (C=O) groups excluding carboxylic acids is 2. The number of carbonyl (C=O) groups is 2. The first kappa shape index (κ1) is 33.0. The zero-order chi connectivity index (χ0) is 33.5. The molecule has 1 fully saturated rings. The van der Waals surface area contributed by atoms with E-state index in [0.29, 0.717) is 29.9 Å². The largest absolute Gasteiger partial charge is 0.494 e. The standard InChI is InChI=1S/C36H49N7O4/c1-22-25-13-12-23-19-28(43(32(23)39-25)16-11-9-8-10-15-36(2,3)35(45)38-22)33-40-26-18-24(20-30(47-7)31(26)41(33)5)34(44)42-17-14-29(46-6)27(21-42)37-4/h12-13,18-20,22,27,29,37H,8-11,14-17,21H2,1-7H3,(H,38,45)/t22-,27+,29-/m1/s1. The number of nitrogens with zero attached hydrogens (tertiary/aromatic N) is 5. The Hall–Kier alpha value is -3.96. The Labute approximate surface area is 277 Å². The minimum absolute atomic E-state index is 0.0455. The van der Waals surface area contributed by atoms with Gasteiger partial charge in [0, 0.05) is 50.2 Å². The minimum Gasteiger partial charge on any atom is -0.494 e. The van der Waals surface area contributed by atoms with Crippen molar-refractivity contribution in [3.8, 4) is 17.3 Å². The normalized spacial score (nSPS) is 22.4. The fraction of sp³-hybridized carbons (Fsp3) is 0.556. The van der Waals surface area contributed by atoms with E-state index >= 15 is 0 Å². The van der Waals surface area contributed by atoms with Gasteiger partial charge in [0.25, 0.3) is 5.91 Å². The number of imidazole rings is 1. The molecular formula is C36H49N7O4. The van der Waals surface area contributed by atoms with Crippen molar-refractivity contribution in [3.63, 3.8) is 0 Å². The second-order valence-corrected chi connectivity index (χ2v) is 13.8. The van der Waals surface area contributed by atoms with Gasteiger partial charge in [-0.15, -0.1) is 0 Å². The zero-order valence-electron chi connectivity index (χ0n) is 28.9. The van der Waals surface area contributed by atoms with Crippen molar-refractivity contribution >= 4 is 33.9 Å². The number of hydrogen-bond acceptors (Lipinski definition) is 7. The van der Waals surface area contributed by atoms with Crippen molar-refractivity contribution in [3.05, 3.63) is 41.6 Å². The smallest absolute Gasteiger partial charge is 0.254 e. The van der Waals surface area contributed by atoms with Crippen LogP contribution in [0.3, 0.4) is 0 Å². The number of nitrogens with one attached hydrogen (secondary N) is 2. The van der Waals surface area contributed by atoms with E-state index in [1.807, 2.05) is 58.0 Å². The molecule has 0 saturated carbocycles. The van der Waals surface area contributed by atoms with E-state index in [2.05, 4.69) is 31.9 Å². The molecule has 2 bridgehead atoms. The van der Waals surface area contributed by atoms with Gasteiger partial charge in [-0.25, -0.2) is 9.97 Å². The summed E-state index contributed by atoms with van der Waals surface area (Å²) in [6, 6.07) is 9.79. The fourth-order valence-corrected chi connectivity index (χ4v) is 7.24. The van der Waals surface area contributed by atoms with Crippen molar-refractivity contribution in [1.82, 2.24) is 34.6 Å². The van der Waals surface area contributed by atoms with Crippen LogP contribution in [0.15, 0.2) is 30.3 Å². The Morgan fingerprint density at radius 3 is 2.60 bits per heavy atom. The highest BCUT2D eigenvalue weighted by Crippen LogP contribution is 2.35. The van der Waals surface area contributed by atoms with E-state index < -0.39 is 5.41 Å². The van der Waals surface area contributed by atoms with Crippen LogP contribution in [0.1, 0.15) is 81.4 Å². The predicted octanol–water partition coefficient (Wildman–Crippen LogP) is 5.22. The van der Waals surface area contributed by atoms with Gasteiger partial charge in [0.15, 0.2) is 5.82 Å². The second-order valence-electron chi connectivity index (χ2n) is 13.8. The van der Waals surface area contributed by atoms with Crippen LogP contribution in [0.5, 0.6) is 5.75 Å². The Morgan fingerprint density at radius 1 is 1.06 bits per heavy atom. The molecule has 4 aromatic rings. The second kappa shape index (κ2) is 13.3. The lowest BCUT2D eigenvalue weighted by Crippen LogP contribution is -2.54. The van der Waals surface area contributed by atoms with E-state index in [1.54, 1.807) is 14.2 Å². The maximum Gasteiger partial charge on any atom is 0.254 e. The monoisotopic (exact) mass is 643 g/mol. The number of benzene rings is 1. The first-order chi connectivity index (χ1) is 22.6. The lowest BCUT2D eigenvalue weighted by molar-refractivity contribution is -0.130. The van der Waals surface area contributed by atoms with Gasteiger partial charge in [-0.05, 0) is 63.6 Å². The Balaban J connectivity index is 1.40. The van der Waals surface area contributed by atoms with E-state index in [1.165, 1.54) is 0 Å². The number of pyridine rings is 1. The van der Waals surface area contributed by atoms with Crippen molar-refractivity contribution in [2.45, 2.75) is 84.0 Å². The third kappa shape index (κ3) is 6.23. The molecule has 0 radical (unpaired) electrons. The first-order valence-electron chi connectivity index (χ1n) is 16.9. The number of aromatic nitrogens is 4. The van der Waals surface area contributed by atoms with Crippen LogP contribution in [-0.4, -0.2) is 82.3 Å². The lowest BCUT2D eigenvalue weighted by atomic mass is 9.85. The Morgan fingerprint density at radius 2 is 1.85 bits per heavy atom. The van der Waals surface area contributed by atoms with Crippen LogP contribution in [-0.2, 0) is 23.1 Å². The summed E-state index contributed by atoms with van der Waals surface area (Å²) < 4.78 is 15.8. The topological polar surface area (TPSA) is 116 Å². The molecule has 3 atom stereocenters. The van der Waals surface area contributed by atoms with E-state index in [4.69, 9.17) is 19.4 Å². The van der Waals surface area contributed by atoms with Crippen LogP contribution in [0.4, 0.5) is 0 Å². The van der Waals surface area contributed by atoms with Crippen LogP contribution < -0.4 is 15.4 Å². The van der Waals surface area contributed by atoms with E-state index in [9.17, 15) is 9.59 Å². The number of likely N-dealkylation sites (tertiary alicyclic amines) is 1. The van der Waals surface area contributed by atoms with Gasteiger partial charge in [0.1, 0.15) is 16.9 Å². The maximum atomic E-state index is 13.8. The van der Waals surface area contributed by atoms with Gasteiger partial charge in [0.2, 0.25) is 5.91 Å². The number of piperidine rings is 1. The highest BCUT2D eigenvalue weighted by molar-refractivity contribution is 6.00. The SMILES string of the molecule is CN[C@H]1CN(C(=O)c2cc(OC)c3c(c2)nc(-c2cc4ccc5nc4n2CCCCCCC(C)(C)C(=O)N[C@@H]5C)n3C)CC[C@H]1OC. The van der Waals surface area contributed by atoms with Gasteiger partial charge in [0.05, 0.1) is 42.2 Å². The summed E-state index contributed by atoms with van der Waals surface area (Å²) in [6.45, 7) is 8.05. The first-order valence-corrected chi connectivity index (χ1v) is 16.9.